The molecule has 12 heavy (non-hydrogen) atoms. The van der Waals surface area contributed by atoms with E-state index in [2.05, 4.69) is 47.0 Å². The third-order valence-corrected chi connectivity index (χ3v) is 3.10. The summed E-state index contributed by atoms with van der Waals surface area (Å²) < 4.78 is 0.853. The second-order valence-electron chi connectivity index (χ2n) is 1.88. The second kappa shape index (κ2) is 6.69. The number of allylic oxidation sites excluding steroid dienone is 2. The van der Waals surface area contributed by atoms with Crippen molar-refractivity contribution >= 4 is 40.3 Å². The highest BCUT2D eigenvalue weighted by molar-refractivity contribution is 9.12. The summed E-state index contributed by atoms with van der Waals surface area (Å²) >= 11 is 9.07. The van der Waals surface area contributed by atoms with Crippen molar-refractivity contribution in [1.29, 1.82) is 0 Å². The van der Waals surface area contributed by atoms with E-state index in [-0.39, 0.29) is 0 Å². The Kier molecular flexibility index (Phi) is 6.80. The van der Waals surface area contributed by atoms with E-state index in [4.69, 9.17) is 0 Å². The molecule has 0 heterocycles. The van der Waals surface area contributed by atoms with E-state index in [1.165, 1.54) is 0 Å². The molecule has 0 aromatic carbocycles. The van der Waals surface area contributed by atoms with Gasteiger partial charge in [-0.2, -0.15) is 12.6 Å². The van der Waals surface area contributed by atoms with Gasteiger partial charge in [0.15, 0.2) is 0 Å². The van der Waals surface area contributed by atoms with Crippen molar-refractivity contribution in [2.45, 2.75) is 0 Å². The van der Waals surface area contributed by atoms with E-state index in [1.807, 2.05) is 7.05 Å². The molecule has 0 aliphatic rings. The van der Waals surface area contributed by atoms with Crippen molar-refractivity contribution in [3.8, 4) is 0 Å². The summed E-state index contributed by atoms with van der Waals surface area (Å²) in [5.41, 5.74) is 0.968. The zero-order valence-electron chi connectivity index (χ0n) is 6.93. The van der Waals surface area contributed by atoms with Crippen molar-refractivity contribution in [3.63, 3.8) is 0 Å². The fourth-order valence-corrected chi connectivity index (χ4v) is 2.25. The number of rotatable bonds is 5. The van der Waals surface area contributed by atoms with Gasteiger partial charge >= 0.3 is 0 Å². The average molecular weight is 266 g/mol. The fraction of sp³-hybridized carbons (Fsp3) is 0.250. The normalized spacial score (nSPS) is 11.9. The minimum atomic E-state index is 0.721. The van der Waals surface area contributed by atoms with Gasteiger partial charge in [-0.05, 0) is 6.08 Å². The Labute approximate surface area is 91.9 Å². The summed E-state index contributed by atoms with van der Waals surface area (Å²) in [5, 5.41) is 3.76. The Hall–Kier alpha value is 0.200. The van der Waals surface area contributed by atoms with Gasteiger partial charge in [0.25, 0.3) is 0 Å². The zero-order valence-corrected chi connectivity index (χ0v) is 10.2. The number of likely N-dealkylation sites (N-methyl/N-ethyl adjacent to an activating group) is 1. The Morgan fingerprint density at radius 2 is 2.33 bits per heavy atom. The van der Waals surface area contributed by atoms with Gasteiger partial charge in [-0.1, -0.05) is 29.1 Å². The fourth-order valence-electron chi connectivity index (χ4n) is 0.675. The molecule has 0 aromatic heterocycles. The molecule has 0 rings (SSSR count). The first-order valence-corrected chi connectivity index (χ1v) is 5.71. The maximum absolute atomic E-state index is 4.13. The molecule has 0 spiro atoms. The highest BCUT2D eigenvalue weighted by Crippen LogP contribution is 2.30. The number of hydrogen-bond donors (Lipinski definition) is 2. The lowest BCUT2D eigenvalue weighted by Gasteiger charge is -2.08. The van der Waals surface area contributed by atoms with Gasteiger partial charge in [0.2, 0.25) is 0 Å². The maximum Gasteiger partial charge on any atom is 0.0481 e. The van der Waals surface area contributed by atoms with Crippen LogP contribution in [-0.4, -0.2) is 12.1 Å². The van der Waals surface area contributed by atoms with Crippen LogP contribution in [0, 0.1) is 0 Å². The van der Waals surface area contributed by atoms with Gasteiger partial charge < -0.3 is 5.32 Å². The molecule has 0 unspecified atom stereocenters. The van der Waals surface area contributed by atoms with Crippen LogP contribution in [0.5, 0.6) is 0 Å². The Bertz CT molecular complexity index is 211. The quantitative estimate of drug-likeness (QED) is 0.450. The number of thiol groups is 1. The SMILES string of the molecule is C=C/C(NC)=C(/SCS)C(=C)Br. The molecule has 0 amide bonds. The van der Waals surface area contributed by atoms with Crippen LogP contribution >= 0.6 is 40.3 Å². The van der Waals surface area contributed by atoms with E-state index in [1.54, 1.807) is 17.8 Å². The molecule has 4 heteroatoms. The first kappa shape index (κ1) is 12.2. The second-order valence-corrected chi connectivity index (χ2v) is 4.56. The molecule has 1 nitrogen and oxygen atoms in total. The van der Waals surface area contributed by atoms with E-state index < -0.39 is 0 Å². The topological polar surface area (TPSA) is 12.0 Å². The van der Waals surface area contributed by atoms with Gasteiger partial charge in [-0.15, -0.1) is 11.8 Å². The molecule has 0 saturated carbocycles. The third kappa shape index (κ3) is 3.74. The summed E-state index contributed by atoms with van der Waals surface area (Å²) in [6, 6.07) is 0. The van der Waals surface area contributed by atoms with Crippen LogP contribution in [0.15, 0.2) is 34.3 Å². The van der Waals surface area contributed by atoms with Crippen LogP contribution in [0.3, 0.4) is 0 Å². The lowest BCUT2D eigenvalue weighted by molar-refractivity contribution is 1.03. The van der Waals surface area contributed by atoms with Crippen molar-refractivity contribution in [2.75, 3.05) is 12.1 Å². The highest BCUT2D eigenvalue weighted by Gasteiger charge is 2.04. The molecule has 0 aromatic rings. The van der Waals surface area contributed by atoms with Gasteiger partial charge in [-0.3, -0.25) is 0 Å². The first-order chi connectivity index (χ1) is 5.67. The van der Waals surface area contributed by atoms with Crippen LogP contribution < -0.4 is 5.32 Å². The standard InChI is InChI=1S/C8H12BrNS2/c1-4-7(10-3)8(6(2)9)12-5-11/h4,10-11H,1-2,5H2,3H3/b8-7-. The van der Waals surface area contributed by atoms with Crippen LogP contribution in [0.2, 0.25) is 0 Å². The smallest absolute Gasteiger partial charge is 0.0481 e. The van der Waals surface area contributed by atoms with E-state index >= 15 is 0 Å². The predicted molar refractivity (Wildman–Crippen MR) is 65.8 cm³/mol. The molecular weight excluding hydrogens is 254 g/mol. The molecule has 0 aliphatic carbocycles. The lowest BCUT2D eigenvalue weighted by Crippen LogP contribution is -2.05. The molecule has 68 valence electrons. The van der Waals surface area contributed by atoms with Gasteiger partial charge in [0, 0.05) is 27.2 Å². The summed E-state index contributed by atoms with van der Waals surface area (Å²) in [7, 11) is 1.85. The molecule has 0 bridgehead atoms. The molecule has 0 fully saturated rings. The summed E-state index contributed by atoms with van der Waals surface area (Å²) in [6.45, 7) is 7.50. The van der Waals surface area contributed by atoms with Gasteiger partial charge in [0.05, 0.1) is 0 Å². The van der Waals surface area contributed by atoms with Gasteiger partial charge in [0.1, 0.15) is 0 Å². The monoisotopic (exact) mass is 265 g/mol. The number of nitrogens with one attached hydrogen (secondary N) is 1. The maximum atomic E-state index is 4.13. The molecule has 0 saturated heterocycles. The van der Waals surface area contributed by atoms with Crippen LogP contribution in [0.25, 0.3) is 0 Å². The van der Waals surface area contributed by atoms with E-state index in [0.717, 1.165) is 20.2 Å². The third-order valence-electron chi connectivity index (χ3n) is 1.17. The molecular formula is C8H12BrNS2. The van der Waals surface area contributed by atoms with Crippen molar-refractivity contribution < 1.29 is 0 Å². The summed E-state index contributed by atoms with van der Waals surface area (Å²) in [5.74, 6) is 0. The molecule has 1 N–H and O–H groups in total. The van der Waals surface area contributed by atoms with E-state index in [0.29, 0.717) is 0 Å². The number of thioether (sulfide) groups is 1. The first-order valence-electron chi connectivity index (χ1n) is 3.30. The average Bonchev–Trinajstić information content (AvgIpc) is 2.05. The van der Waals surface area contributed by atoms with Gasteiger partial charge in [-0.25, -0.2) is 0 Å². The minimum absolute atomic E-state index is 0.721. The molecule has 0 aliphatic heterocycles. The van der Waals surface area contributed by atoms with E-state index in [9.17, 15) is 0 Å². The van der Waals surface area contributed by atoms with Crippen molar-refractivity contribution in [1.82, 2.24) is 5.32 Å². The lowest BCUT2D eigenvalue weighted by atomic mass is 10.4. The van der Waals surface area contributed by atoms with Crippen LogP contribution in [-0.2, 0) is 0 Å². The summed E-state index contributed by atoms with van der Waals surface area (Å²) in [6.07, 6.45) is 1.76. The largest absolute Gasteiger partial charge is 0.387 e. The van der Waals surface area contributed by atoms with Crippen molar-refractivity contribution in [3.05, 3.63) is 34.3 Å². The molecule has 0 atom stereocenters. The number of hydrogen-bond acceptors (Lipinski definition) is 3. The summed E-state index contributed by atoms with van der Waals surface area (Å²) in [4.78, 5) is 1.04. The van der Waals surface area contributed by atoms with Crippen molar-refractivity contribution in [2.24, 2.45) is 0 Å². The minimum Gasteiger partial charge on any atom is -0.387 e. The predicted octanol–water partition coefficient (Wildman–Crippen LogP) is 3.13. The zero-order chi connectivity index (χ0) is 9.56. The van der Waals surface area contributed by atoms with Crippen LogP contribution in [0.4, 0.5) is 0 Å². The number of halogens is 1. The Morgan fingerprint density at radius 1 is 1.75 bits per heavy atom. The Balaban J connectivity index is 4.75. The highest BCUT2D eigenvalue weighted by atomic mass is 79.9. The molecule has 0 radical (unpaired) electrons. The Morgan fingerprint density at radius 3 is 2.58 bits per heavy atom. The van der Waals surface area contributed by atoms with Crippen LogP contribution in [0.1, 0.15) is 0 Å².